The van der Waals surface area contributed by atoms with Crippen molar-refractivity contribution in [3.63, 3.8) is 0 Å². The van der Waals surface area contributed by atoms with E-state index in [1.54, 1.807) is 27.5 Å². The molecule has 1 aromatic heterocycles. The Labute approximate surface area is 154 Å². The minimum absolute atomic E-state index is 0.0185. The van der Waals surface area contributed by atoms with Crippen molar-refractivity contribution < 1.29 is 13.9 Å². The maximum atomic E-state index is 11.8. The maximum Gasteiger partial charge on any atom is 0.241 e. The number of aliphatic imine (C=N–C) groups is 1. The van der Waals surface area contributed by atoms with Gasteiger partial charge < -0.3 is 24.7 Å². The van der Waals surface area contributed by atoms with E-state index in [1.807, 2.05) is 36.4 Å². The normalized spacial score (nSPS) is 11.1. The van der Waals surface area contributed by atoms with Gasteiger partial charge in [0.15, 0.2) is 5.96 Å². The van der Waals surface area contributed by atoms with Crippen LogP contribution in [0.15, 0.2) is 52.1 Å². The zero-order valence-electron chi connectivity index (χ0n) is 15.5. The van der Waals surface area contributed by atoms with Gasteiger partial charge in [0.2, 0.25) is 5.91 Å². The van der Waals surface area contributed by atoms with Crippen molar-refractivity contribution in [2.75, 3.05) is 34.3 Å². The third kappa shape index (κ3) is 6.51. The highest BCUT2D eigenvalue weighted by molar-refractivity contribution is 5.86. The summed E-state index contributed by atoms with van der Waals surface area (Å²) < 4.78 is 10.5. The van der Waals surface area contributed by atoms with E-state index in [0.29, 0.717) is 19.0 Å². The van der Waals surface area contributed by atoms with E-state index in [9.17, 15) is 4.79 Å². The van der Waals surface area contributed by atoms with Crippen LogP contribution in [-0.4, -0.2) is 51.1 Å². The Morgan fingerprint density at radius 2 is 1.96 bits per heavy atom. The lowest BCUT2D eigenvalue weighted by Gasteiger charge is -2.14. The van der Waals surface area contributed by atoms with Gasteiger partial charge >= 0.3 is 0 Å². The molecule has 0 aliphatic carbocycles. The first-order valence-electron chi connectivity index (χ1n) is 8.46. The molecule has 0 spiro atoms. The van der Waals surface area contributed by atoms with E-state index in [4.69, 9.17) is 9.15 Å². The summed E-state index contributed by atoms with van der Waals surface area (Å²) in [5.41, 5.74) is 1.05. The van der Waals surface area contributed by atoms with Gasteiger partial charge in [-0.3, -0.25) is 4.79 Å². The summed E-state index contributed by atoms with van der Waals surface area (Å²) in [6.45, 7) is 1.33. The number of carbonyl (C=O) groups is 1. The van der Waals surface area contributed by atoms with Crippen LogP contribution in [0.2, 0.25) is 0 Å². The van der Waals surface area contributed by atoms with Crippen LogP contribution in [0.4, 0.5) is 0 Å². The Morgan fingerprint density at radius 3 is 2.58 bits per heavy atom. The summed E-state index contributed by atoms with van der Waals surface area (Å²) in [7, 11) is 5.09. The predicted molar refractivity (Wildman–Crippen MR) is 101 cm³/mol. The number of likely N-dealkylation sites (N-methyl/N-ethyl adjacent to an activating group) is 1. The number of amides is 1. The van der Waals surface area contributed by atoms with Gasteiger partial charge in [-0.25, -0.2) is 4.99 Å². The number of guanidine groups is 1. The highest BCUT2D eigenvalue weighted by atomic mass is 16.5. The SMILES string of the molecule is COc1ccc(CN=C(NCCc2ccco2)NCC(=O)N(C)C)cc1. The van der Waals surface area contributed by atoms with Crippen LogP contribution in [0.5, 0.6) is 5.75 Å². The molecular weight excluding hydrogens is 332 g/mol. The van der Waals surface area contributed by atoms with Crippen molar-refractivity contribution in [1.29, 1.82) is 0 Å². The van der Waals surface area contributed by atoms with Crippen molar-refractivity contribution in [2.45, 2.75) is 13.0 Å². The lowest BCUT2D eigenvalue weighted by atomic mass is 10.2. The quantitative estimate of drug-likeness (QED) is 0.554. The third-order valence-corrected chi connectivity index (χ3v) is 3.73. The minimum Gasteiger partial charge on any atom is -0.497 e. The van der Waals surface area contributed by atoms with Gasteiger partial charge in [-0.15, -0.1) is 0 Å². The average Bonchev–Trinajstić information content (AvgIpc) is 3.17. The van der Waals surface area contributed by atoms with Gasteiger partial charge in [0, 0.05) is 27.1 Å². The molecule has 2 aromatic rings. The summed E-state index contributed by atoms with van der Waals surface area (Å²) in [5.74, 6) is 2.28. The highest BCUT2D eigenvalue weighted by Gasteiger charge is 2.06. The molecule has 2 N–H and O–H groups in total. The van der Waals surface area contributed by atoms with E-state index in [2.05, 4.69) is 15.6 Å². The lowest BCUT2D eigenvalue weighted by molar-refractivity contribution is -0.127. The van der Waals surface area contributed by atoms with Gasteiger partial charge in [0.05, 0.1) is 26.5 Å². The summed E-state index contributed by atoms with van der Waals surface area (Å²) in [6.07, 6.45) is 2.39. The number of nitrogens with zero attached hydrogens (tertiary/aromatic N) is 2. The fourth-order valence-corrected chi connectivity index (χ4v) is 2.15. The smallest absolute Gasteiger partial charge is 0.241 e. The topological polar surface area (TPSA) is 79.1 Å². The van der Waals surface area contributed by atoms with Crippen LogP contribution in [0.1, 0.15) is 11.3 Å². The summed E-state index contributed by atoms with van der Waals surface area (Å²) in [4.78, 5) is 17.9. The standard InChI is InChI=1S/C19H26N4O3/c1-23(2)18(24)14-22-19(20-11-10-17-5-4-12-26-17)21-13-15-6-8-16(25-3)9-7-15/h4-9,12H,10-11,13-14H2,1-3H3,(H2,20,21,22). The second-order valence-electron chi connectivity index (χ2n) is 5.91. The Morgan fingerprint density at radius 1 is 1.19 bits per heavy atom. The molecule has 0 saturated carbocycles. The second-order valence-corrected chi connectivity index (χ2v) is 5.91. The van der Waals surface area contributed by atoms with Crippen molar-refractivity contribution in [3.8, 4) is 5.75 Å². The number of furan rings is 1. The van der Waals surface area contributed by atoms with Crippen molar-refractivity contribution in [2.24, 2.45) is 4.99 Å². The van der Waals surface area contributed by atoms with Crippen LogP contribution >= 0.6 is 0 Å². The second kappa shape index (κ2) is 10.1. The van der Waals surface area contributed by atoms with E-state index in [-0.39, 0.29) is 12.5 Å². The van der Waals surface area contributed by atoms with Gasteiger partial charge in [-0.05, 0) is 29.8 Å². The number of ether oxygens (including phenoxy) is 1. The van der Waals surface area contributed by atoms with Crippen LogP contribution in [0, 0.1) is 0 Å². The minimum atomic E-state index is -0.0185. The molecule has 140 valence electrons. The number of benzene rings is 1. The zero-order chi connectivity index (χ0) is 18.8. The molecule has 7 nitrogen and oxygen atoms in total. The Bertz CT molecular complexity index is 694. The largest absolute Gasteiger partial charge is 0.497 e. The van der Waals surface area contributed by atoms with Gasteiger partial charge in [0.1, 0.15) is 11.5 Å². The van der Waals surface area contributed by atoms with Crippen LogP contribution < -0.4 is 15.4 Å². The van der Waals surface area contributed by atoms with Crippen molar-refractivity contribution in [3.05, 3.63) is 54.0 Å². The van der Waals surface area contributed by atoms with Crippen molar-refractivity contribution >= 4 is 11.9 Å². The third-order valence-electron chi connectivity index (χ3n) is 3.73. The molecular formula is C19H26N4O3. The number of hydrogen-bond acceptors (Lipinski definition) is 4. The fraction of sp³-hybridized carbons (Fsp3) is 0.368. The molecule has 0 fully saturated rings. The van der Waals surface area contributed by atoms with E-state index >= 15 is 0 Å². The summed E-state index contributed by atoms with van der Waals surface area (Å²) in [5, 5.41) is 6.29. The highest BCUT2D eigenvalue weighted by Crippen LogP contribution is 2.11. The first-order valence-corrected chi connectivity index (χ1v) is 8.46. The molecule has 0 atom stereocenters. The number of nitrogens with one attached hydrogen (secondary N) is 2. The first-order chi connectivity index (χ1) is 12.6. The van der Waals surface area contributed by atoms with Gasteiger partial charge in [0.25, 0.3) is 0 Å². The van der Waals surface area contributed by atoms with Gasteiger partial charge in [-0.2, -0.15) is 0 Å². The molecule has 7 heteroatoms. The number of hydrogen-bond donors (Lipinski definition) is 2. The van der Waals surface area contributed by atoms with E-state index in [1.165, 1.54) is 4.90 Å². The van der Waals surface area contributed by atoms with Crippen LogP contribution in [0.3, 0.4) is 0 Å². The van der Waals surface area contributed by atoms with Crippen LogP contribution in [-0.2, 0) is 17.8 Å². The monoisotopic (exact) mass is 358 g/mol. The Hall–Kier alpha value is -2.96. The molecule has 0 saturated heterocycles. The molecule has 1 amide bonds. The molecule has 0 aliphatic heterocycles. The van der Waals surface area contributed by atoms with Crippen molar-refractivity contribution in [1.82, 2.24) is 15.5 Å². The predicted octanol–water partition coefficient (Wildman–Crippen LogP) is 1.65. The summed E-state index contributed by atoms with van der Waals surface area (Å²) in [6, 6.07) is 11.5. The lowest BCUT2D eigenvalue weighted by Crippen LogP contribution is -2.43. The molecule has 1 aromatic carbocycles. The zero-order valence-corrected chi connectivity index (χ0v) is 15.5. The van der Waals surface area contributed by atoms with Crippen LogP contribution in [0.25, 0.3) is 0 Å². The van der Waals surface area contributed by atoms with Gasteiger partial charge in [-0.1, -0.05) is 12.1 Å². The maximum absolute atomic E-state index is 11.8. The summed E-state index contributed by atoms with van der Waals surface area (Å²) >= 11 is 0. The fourth-order valence-electron chi connectivity index (χ4n) is 2.15. The molecule has 1 heterocycles. The van der Waals surface area contributed by atoms with E-state index < -0.39 is 0 Å². The van der Waals surface area contributed by atoms with E-state index in [0.717, 1.165) is 23.5 Å². The molecule has 0 aliphatic rings. The Kier molecular flexibility index (Phi) is 7.54. The average molecular weight is 358 g/mol. The number of methoxy groups -OCH3 is 1. The molecule has 0 bridgehead atoms. The molecule has 26 heavy (non-hydrogen) atoms. The Balaban J connectivity index is 1.93. The molecule has 0 radical (unpaired) electrons. The molecule has 2 rings (SSSR count). The first kappa shape index (κ1) is 19.4. The number of rotatable bonds is 8. The number of carbonyl (C=O) groups excluding carboxylic acids is 1. The molecule has 0 unspecified atom stereocenters.